The van der Waals surface area contributed by atoms with Crippen LogP contribution in [0.3, 0.4) is 0 Å². The van der Waals surface area contributed by atoms with Crippen LogP contribution >= 0.6 is 0 Å². The molecule has 1 saturated heterocycles. The summed E-state index contributed by atoms with van der Waals surface area (Å²) < 4.78 is 14.1. The lowest BCUT2D eigenvalue weighted by atomic mass is 9.90. The average molecular weight is 226 g/mol. The summed E-state index contributed by atoms with van der Waals surface area (Å²) in [6, 6.07) is 1.68. The molecule has 0 saturated carbocycles. The molecule has 1 fully saturated rings. The molecule has 1 aromatic rings. The van der Waals surface area contributed by atoms with Crippen molar-refractivity contribution in [2.24, 2.45) is 5.73 Å². The molecule has 1 aliphatic heterocycles. The number of hydrogen-bond donors (Lipinski definition) is 2. The minimum absolute atomic E-state index is 0.318. The van der Waals surface area contributed by atoms with E-state index in [0.29, 0.717) is 18.9 Å². The maximum absolute atomic E-state index is 14.1. The molecule has 2 heterocycles. The van der Waals surface area contributed by atoms with E-state index < -0.39 is 17.9 Å². The first kappa shape index (κ1) is 11.2. The number of piperidine rings is 1. The Morgan fingerprint density at radius 3 is 2.81 bits per heavy atom. The van der Waals surface area contributed by atoms with Crippen LogP contribution in [0.5, 0.6) is 0 Å². The van der Waals surface area contributed by atoms with Crippen molar-refractivity contribution >= 4 is 5.95 Å². The van der Waals surface area contributed by atoms with E-state index in [0.717, 1.165) is 0 Å². The molecule has 16 heavy (non-hydrogen) atoms. The number of alkyl halides is 1. The number of halogens is 1. The zero-order chi connectivity index (χ0) is 11.8. The number of nitrogens with two attached hydrogens (primary N) is 1. The standard InChI is InChI=1S/C10H15FN4O/c1-10(11)7(16)3-6-15(8(10)12)9-13-4-2-5-14-9/h2,4-5,7-8,16H,3,6,12H2,1H3. The van der Waals surface area contributed by atoms with Crippen molar-refractivity contribution in [1.29, 1.82) is 0 Å². The molecular weight excluding hydrogens is 211 g/mol. The number of anilines is 1. The third kappa shape index (κ3) is 1.74. The highest BCUT2D eigenvalue weighted by molar-refractivity contribution is 5.33. The predicted molar refractivity (Wildman–Crippen MR) is 57.5 cm³/mol. The Labute approximate surface area is 93.1 Å². The molecule has 0 bridgehead atoms. The smallest absolute Gasteiger partial charge is 0.226 e. The summed E-state index contributed by atoms with van der Waals surface area (Å²) in [6.45, 7) is 1.75. The molecule has 3 unspecified atom stereocenters. The summed E-state index contributed by atoms with van der Waals surface area (Å²) in [5.41, 5.74) is 3.94. The van der Waals surface area contributed by atoms with Gasteiger partial charge in [0, 0.05) is 18.9 Å². The molecule has 1 aliphatic rings. The predicted octanol–water partition coefficient (Wildman–Crippen LogP) is 0.0606. The Bertz CT molecular complexity index is 359. The quantitative estimate of drug-likeness (QED) is 0.708. The van der Waals surface area contributed by atoms with Gasteiger partial charge in [-0.15, -0.1) is 0 Å². The van der Waals surface area contributed by atoms with Gasteiger partial charge in [0.15, 0.2) is 5.67 Å². The summed E-state index contributed by atoms with van der Waals surface area (Å²) in [7, 11) is 0. The normalized spacial score (nSPS) is 35.1. The molecule has 0 radical (unpaired) electrons. The first-order valence-electron chi connectivity index (χ1n) is 5.19. The Kier molecular flexibility index (Phi) is 2.77. The Balaban J connectivity index is 2.25. The second-order valence-electron chi connectivity index (χ2n) is 4.14. The Morgan fingerprint density at radius 2 is 2.19 bits per heavy atom. The van der Waals surface area contributed by atoms with Crippen LogP contribution in [-0.2, 0) is 0 Å². The van der Waals surface area contributed by atoms with E-state index >= 15 is 0 Å². The van der Waals surface area contributed by atoms with E-state index in [1.807, 2.05) is 0 Å². The Morgan fingerprint density at radius 1 is 1.56 bits per heavy atom. The SMILES string of the molecule is CC1(F)C(O)CCN(c2ncccn2)C1N. The largest absolute Gasteiger partial charge is 0.390 e. The van der Waals surface area contributed by atoms with E-state index in [1.54, 1.807) is 23.4 Å². The number of nitrogens with zero attached hydrogens (tertiary/aromatic N) is 3. The van der Waals surface area contributed by atoms with Gasteiger partial charge >= 0.3 is 0 Å². The topological polar surface area (TPSA) is 75.3 Å². The molecule has 3 N–H and O–H groups in total. The first-order valence-corrected chi connectivity index (χ1v) is 5.19. The molecule has 88 valence electrons. The summed E-state index contributed by atoms with van der Waals surface area (Å²) in [4.78, 5) is 9.64. The summed E-state index contributed by atoms with van der Waals surface area (Å²) in [5, 5.41) is 9.55. The lowest BCUT2D eigenvalue weighted by molar-refractivity contribution is -0.0342. The Hall–Kier alpha value is -1.27. The second-order valence-corrected chi connectivity index (χ2v) is 4.14. The van der Waals surface area contributed by atoms with Crippen molar-refractivity contribution < 1.29 is 9.50 Å². The van der Waals surface area contributed by atoms with E-state index in [4.69, 9.17) is 5.73 Å². The number of hydrogen-bond acceptors (Lipinski definition) is 5. The lowest BCUT2D eigenvalue weighted by Gasteiger charge is -2.44. The molecular formula is C10H15FN4O. The highest BCUT2D eigenvalue weighted by Gasteiger charge is 2.46. The molecule has 3 atom stereocenters. The van der Waals surface area contributed by atoms with E-state index in [1.165, 1.54) is 6.92 Å². The fourth-order valence-corrected chi connectivity index (χ4v) is 1.85. The molecule has 0 spiro atoms. The summed E-state index contributed by atoms with van der Waals surface area (Å²) in [6.07, 6.45) is 1.51. The van der Waals surface area contributed by atoms with Gasteiger partial charge in [-0.05, 0) is 19.4 Å². The van der Waals surface area contributed by atoms with Gasteiger partial charge in [-0.2, -0.15) is 0 Å². The van der Waals surface area contributed by atoms with Gasteiger partial charge < -0.3 is 15.7 Å². The van der Waals surface area contributed by atoms with Gasteiger partial charge in [0.2, 0.25) is 5.95 Å². The van der Waals surface area contributed by atoms with Crippen molar-refractivity contribution in [3.8, 4) is 0 Å². The van der Waals surface area contributed by atoms with E-state index in [9.17, 15) is 9.50 Å². The van der Waals surface area contributed by atoms with Crippen LogP contribution in [0, 0.1) is 0 Å². The van der Waals surface area contributed by atoms with Crippen LogP contribution < -0.4 is 10.6 Å². The van der Waals surface area contributed by atoms with Gasteiger partial charge in [0.1, 0.15) is 6.17 Å². The molecule has 6 heteroatoms. The number of rotatable bonds is 1. The zero-order valence-electron chi connectivity index (χ0n) is 9.05. The average Bonchev–Trinajstić information content (AvgIpc) is 2.28. The second kappa shape index (κ2) is 3.95. The van der Waals surface area contributed by atoms with Gasteiger partial charge in [-0.3, -0.25) is 0 Å². The number of aliphatic hydroxyl groups excluding tert-OH is 1. The van der Waals surface area contributed by atoms with Crippen molar-refractivity contribution in [1.82, 2.24) is 9.97 Å². The third-order valence-electron chi connectivity index (χ3n) is 3.02. The van der Waals surface area contributed by atoms with Gasteiger partial charge in [0.05, 0.1) is 6.10 Å². The van der Waals surface area contributed by atoms with Crippen LogP contribution in [0.25, 0.3) is 0 Å². The van der Waals surface area contributed by atoms with Crippen LogP contribution in [0.15, 0.2) is 18.5 Å². The highest BCUT2D eigenvalue weighted by Crippen LogP contribution is 2.30. The minimum Gasteiger partial charge on any atom is -0.390 e. The van der Waals surface area contributed by atoms with Crippen LogP contribution in [0.4, 0.5) is 10.3 Å². The summed E-state index contributed by atoms with van der Waals surface area (Å²) >= 11 is 0. The van der Waals surface area contributed by atoms with Crippen molar-refractivity contribution in [2.75, 3.05) is 11.4 Å². The van der Waals surface area contributed by atoms with Gasteiger partial charge in [-0.1, -0.05) is 0 Å². The van der Waals surface area contributed by atoms with Crippen LogP contribution in [-0.4, -0.2) is 39.6 Å². The van der Waals surface area contributed by atoms with Crippen molar-refractivity contribution in [3.63, 3.8) is 0 Å². The number of aromatic nitrogens is 2. The first-order chi connectivity index (χ1) is 7.53. The molecule has 2 rings (SSSR count). The highest BCUT2D eigenvalue weighted by atomic mass is 19.1. The fraction of sp³-hybridized carbons (Fsp3) is 0.600. The zero-order valence-corrected chi connectivity index (χ0v) is 9.05. The maximum Gasteiger partial charge on any atom is 0.226 e. The molecule has 0 aliphatic carbocycles. The molecule has 0 amide bonds. The van der Waals surface area contributed by atoms with E-state index in [2.05, 4.69) is 9.97 Å². The minimum atomic E-state index is -1.85. The maximum atomic E-state index is 14.1. The lowest BCUT2D eigenvalue weighted by Crippen LogP contribution is -2.64. The third-order valence-corrected chi connectivity index (χ3v) is 3.02. The summed E-state index contributed by atoms with van der Waals surface area (Å²) in [5.74, 6) is 0.394. The molecule has 5 nitrogen and oxygen atoms in total. The van der Waals surface area contributed by atoms with Crippen LogP contribution in [0.2, 0.25) is 0 Å². The van der Waals surface area contributed by atoms with Crippen LogP contribution in [0.1, 0.15) is 13.3 Å². The van der Waals surface area contributed by atoms with Gasteiger partial charge in [-0.25, -0.2) is 14.4 Å². The van der Waals surface area contributed by atoms with Crippen molar-refractivity contribution in [3.05, 3.63) is 18.5 Å². The van der Waals surface area contributed by atoms with Crippen molar-refractivity contribution in [2.45, 2.75) is 31.3 Å². The monoisotopic (exact) mass is 226 g/mol. The molecule has 0 aromatic carbocycles. The van der Waals surface area contributed by atoms with E-state index in [-0.39, 0.29) is 0 Å². The van der Waals surface area contributed by atoms with Gasteiger partial charge in [0.25, 0.3) is 0 Å². The fourth-order valence-electron chi connectivity index (χ4n) is 1.85. The number of aliphatic hydroxyl groups is 1. The molecule has 1 aromatic heterocycles.